The van der Waals surface area contributed by atoms with Gasteiger partial charge < -0.3 is 10.2 Å². The Morgan fingerprint density at radius 1 is 1.04 bits per heavy atom. The fourth-order valence-electron chi connectivity index (χ4n) is 2.61. The summed E-state index contributed by atoms with van der Waals surface area (Å²) < 4.78 is 0. The van der Waals surface area contributed by atoms with Gasteiger partial charge in [0, 0.05) is 18.8 Å². The molecule has 0 radical (unpaired) electrons. The Kier molecular flexibility index (Phi) is 6.73. The van der Waals surface area contributed by atoms with Crippen LogP contribution in [0.3, 0.4) is 0 Å². The summed E-state index contributed by atoms with van der Waals surface area (Å²) in [6, 6.07) is 8.11. The normalized spacial score (nSPS) is 10.5. The molecular formula is C19H26N4O. The molecule has 0 unspecified atom stereocenters. The predicted molar refractivity (Wildman–Crippen MR) is 97.6 cm³/mol. The lowest BCUT2D eigenvalue weighted by Gasteiger charge is -2.20. The van der Waals surface area contributed by atoms with E-state index in [-0.39, 0.29) is 5.91 Å². The third-order valence-corrected chi connectivity index (χ3v) is 3.81. The Labute approximate surface area is 144 Å². The number of nitrogens with zero attached hydrogens (tertiary/aromatic N) is 3. The molecule has 1 aromatic carbocycles. The topological polar surface area (TPSA) is 58.1 Å². The van der Waals surface area contributed by atoms with Gasteiger partial charge in [0.15, 0.2) is 0 Å². The third-order valence-electron chi connectivity index (χ3n) is 3.81. The van der Waals surface area contributed by atoms with Gasteiger partial charge in [0.1, 0.15) is 11.5 Å². The highest BCUT2D eigenvalue weighted by Crippen LogP contribution is 2.19. The summed E-state index contributed by atoms with van der Waals surface area (Å²) in [4.78, 5) is 23.0. The van der Waals surface area contributed by atoms with Gasteiger partial charge in [0.25, 0.3) is 5.91 Å². The smallest absolute Gasteiger partial charge is 0.274 e. The molecule has 5 nitrogen and oxygen atoms in total. The van der Waals surface area contributed by atoms with E-state index in [2.05, 4.69) is 42.1 Å². The zero-order valence-electron chi connectivity index (χ0n) is 14.7. The van der Waals surface area contributed by atoms with Crippen molar-refractivity contribution in [2.45, 2.75) is 40.0 Å². The lowest BCUT2D eigenvalue weighted by Crippen LogP contribution is -2.33. The summed E-state index contributed by atoms with van der Waals surface area (Å²) in [7, 11) is 0. The van der Waals surface area contributed by atoms with Crippen LogP contribution in [-0.2, 0) is 6.42 Å². The van der Waals surface area contributed by atoms with Gasteiger partial charge in [-0.2, -0.15) is 0 Å². The highest BCUT2D eigenvalue weighted by molar-refractivity contribution is 5.92. The Morgan fingerprint density at radius 2 is 1.75 bits per heavy atom. The number of rotatable bonds is 8. The van der Waals surface area contributed by atoms with Crippen molar-refractivity contribution in [2.24, 2.45) is 0 Å². The number of amides is 1. The molecule has 0 aliphatic heterocycles. The number of carbonyl (C=O) groups excluding carboxylic acids is 1. The van der Waals surface area contributed by atoms with Gasteiger partial charge in [0.2, 0.25) is 0 Å². The number of aromatic nitrogens is 2. The summed E-state index contributed by atoms with van der Waals surface area (Å²) in [5.74, 6) is 0.594. The summed E-state index contributed by atoms with van der Waals surface area (Å²) in [5.41, 5.74) is 2.63. The molecular weight excluding hydrogens is 300 g/mol. The maximum absolute atomic E-state index is 12.5. The second kappa shape index (κ2) is 9.01. The minimum atomic E-state index is -0.0493. The van der Waals surface area contributed by atoms with Crippen molar-refractivity contribution >= 4 is 17.4 Å². The fraction of sp³-hybridized carbons (Fsp3) is 0.421. The minimum absolute atomic E-state index is 0.0493. The molecule has 24 heavy (non-hydrogen) atoms. The molecule has 1 aromatic heterocycles. The SMILES string of the molecule is CCCN(CCC)C(=O)c1cnc(Nc2ccccc2CC)cn1. The predicted octanol–water partition coefficient (Wildman–Crippen LogP) is 4.04. The standard InChI is InChI=1S/C19H26N4O/c1-4-11-23(12-5-2)19(24)17-13-21-18(14-20-17)22-16-10-8-7-9-15(16)6-3/h7-10,13-14H,4-6,11-12H2,1-3H3,(H,21,22). The minimum Gasteiger partial charge on any atom is -0.339 e. The molecule has 0 saturated heterocycles. The maximum Gasteiger partial charge on any atom is 0.274 e. The molecule has 1 N–H and O–H groups in total. The first-order chi connectivity index (χ1) is 11.7. The molecule has 2 rings (SSSR count). The summed E-state index contributed by atoms with van der Waals surface area (Å²) >= 11 is 0. The average Bonchev–Trinajstić information content (AvgIpc) is 2.62. The number of carbonyl (C=O) groups is 1. The lowest BCUT2D eigenvalue weighted by molar-refractivity contribution is 0.0749. The molecule has 128 valence electrons. The van der Waals surface area contributed by atoms with Crippen molar-refractivity contribution in [1.29, 1.82) is 0 Å². The number of hydrogen-bond donors (Lipinski definition) is 1. The number of benzene rings is 1. The van der Waals surface area contributed by atoms with Gasteiger partial charge in [0.05, 0.1) is 12.4 Å². The van der Waals surface area contributed by atoms with E-state index >= 15 is 0 Å². The van der Waals surface area contributed by atoms with E-state index in [1.165, 1.54) is 5.56 Å². The van der Waals surface area contributed by atoms with Gasteiger partial charge in [-0.15, -0.1) is 0 Å². The van der Waals surface area contributed by atoms with Crippen molar-refractivity contribution in [1.82, 2.24) is 14.9 Å². The van der Waals surface area contributed by atoms with Crippen LogP contribution in [0.1, 0.15) is 49.7 Å². The molecule has 0 aliphatic rings. The highest BCUT2D eigenvalue weighted by atomic mass is 16.2. The number of para-hydroxylation sites is 1. The van der Waals surface area contributed by atoms with Gasteiger partial charge in [-0.3, -0.25) is 4.79 Å². The van der Waals surface area contributed by atoms with E-state index < -0.39 is 0 Å². The number of hydrogen-bond acceptors (Lipinski definition) is 4. The largest absolute Gasteiger partial charge is 0.339 e. The van der Waals surface area contributed by atoms with Crippen LogP contribution in [0.4, 0.5) is 11.5 Å². The zero-order valence-corrected chi connectivity index (χ0v) is 14.7. The van der Waals surface area contributed by atoms with E-state index in [9.17, 15) is 4.79 Å². The first kappa shape index (κ1) is 17.9. The second-order valence-corrected chi connectivity index (χ2v) is 5.71. The van der Waals surface area contributed by atoms with E-state index in [1.807, 2.05) is 23.1 Å². The van der Waals surface area contributed by atoms with Gasteiger partial charge in [-0.05, 0) is 30.9 Å². The Hall–Kier alpha value is -2.43. The summed E-state index contributed by atoms with van der Waals surface area (Å²) in [5, 5.41) is 3.27. The van der Waals surface area contributed by atoms with E-state index in [4.69, 9.17) is 0 Å². The molecule has 1 amide bonds. The van der Waals surface area contributed by atoms with Crippen molar-refractivity contribution in [2.75, 3.05) is 18.4 Å². The van der Waals surface area contributed by atoms with Crippen molar-refractivity contribution in [3.8, 4) is 0 Å². The average molecular weight is 326 g/mol. The fourth-order valence-corrected chi connectivity index (χ4v) is 2.61. The van der Waals surface area contributed by atoms with Crippen LogP contribution in [0.25, 0.3) is 0 Å². The Morgan fingerprint density at radius 3 is 2.33 bits per heavy atom. The van der Waals surface area contributed by atoms with E-state index in [0.29, 0.717) is 11.5 Å². The number of nitrogens with one attached hydrogen (secondary N) is 1. The van der Waals surface area contributed by atoms with Crippen LogP contribution in [0, 0.1) is 0 Å². The first-order valence-corrected chi connectivity index (χ1v) is 8.65. The van der Waals surface area contributed by atoms with Crippen LogP contribution in [0.5, 0.6) is 0 Å². The van der Waals surface area contributed by atoms with Crippen LogP contribution in [-0.4, -0.2) is 33.9 Å². The summed E-state index contributed by atoms with van der Waals surface area (Å²) in [6.07, 6.45) is 5.99. The quantitative estimate of drug-likeness (QED) is 0.795. The van der Waals surface area contributed by atoms with Crippen LogP contribution < -0.4 is 5.32 Å². The van der Waals surface area contributed by atoms with E-state index in [0.717, 1.165) is 38.0 Å². The molecule has 0 atom stereocenters. The number of aryl methyl sites for hydroxylation is 1. The van der Waals surface area contributed by atoms with Gasteiger partial charge in [-0.1, -0.05) is 39.0 Å². The maximum atomic E-state index is 12.5. The van der Waals surface area contributed by atoms with Gasteiger partial charge in [-0.25, -0.2) is 9.97 Å². The zero-order chi connectivity index (χ0) is 17.4. The van der Waals surface area contributed by atoms with E-state index in [1.54, 1.807) is 12.4 Å². The Bertz CT molecular complexity index is 649. The first-order valence-electron chi connectivity index (χ1n) is 8.65. The lowest BCUT2D eigenvalue weighted by atomic mass is 10.1. The molecule has 0 saturated carbocycles. The molecule has 0 aliphatic carbocycles. The number of anilines is 2. The summed E-state index contributed by atoms with van der Waals surface area (Å²) in [6.45, 7) is 7.75. The highest BCUT2D eigenvalue weighted by Gasteiger charge is 2.16. The molecule has 1 heterocycles. The molecule has 0 bridgehead atoms. The van der Waals surface area contributed by atoms with Crippen LogP contribution in [0.15, 0.2) is 36.7 Å². The van der Waals surface area contributed by atoms with Crippen LogP contribution in [0.2, 0.25) is 0 Å². The molecule has 2 aromatic rings. The Balaban J connectivity index is 2.11. The molecule has 5 heteroatoms. The van der Waals surface area contributed by atoms with Crippen LogP contribution >= 0.6 is 0 Å². The molecule has 0 fully saturated rings. The molecule has 0 spiro atoms. The van der Waals surface area contributed by atoms with Crippen molar-refractivity contribution in [3.63, 3.8) is 0 Å². The monoisotopic (exact) mass is 326 g/mol. The van der Waals surface area contributed by atoms with Crippen molar-refractivity contribution < 1.29 is 4.79 Å². The van der Waals surface area contributed by atoms with Crippen molar-refractivity contribution in [3.05, 3.63) is 47.9 Å². The third kappa shape index (κ3) is 4.54. The second-order valence-electron chi connectivity index (χ2n) is 5.71. The van der Waals surface area contributed by atoms with Gasteiger partial charge >= 0.3 is 0 Å².